The van der Waals surface area contributed by atoms with Crippen LogP contribution in [0.25, 0.3) is 0 Å². The molecule has 0 saturated heterocycles. The molecule has 25 heavy (non-hydrogen) atoms. The van der Waals surface area contributed by atoms with Crippen LogP contribution in [0.15, 0.2) is 78.9 Å². The Balaban J connectivity index is 0.00000225. The second-order valence-corrected chi connectivity index (χ2v) is 5.30. The van der Waals surface area contributed by atoms with E-state index in [1.807, 2.05) is 60.7 Å². The Morgan fingerprint density at radius 1 is 0.760 bits per heavy atom. The van der Waals surface area contributed by atoms with Gasteiger partial charge in [0.2, 0.25) is 0 Å². The lowest BCUT2D eigenvalue weighted by molar-refractivity contribution is 0.413. The number of halogens is 2. The standard InChI is InChI=1S/C20H18FNO2.ClH/c21-14-18(22)15-11-12-19(23-16-7-3-1-4-8-16)20(13-15)24-17-9-5-2-6-10-17;/h1-13,18H,14,22H2;1H/t18-;/m0./s1. The van der Waals surface area contributed by atoms with Crippen molar-refractivity contribution in [3.63, 3.8) is 0 Å². The maximum absolute atomic E-state index is 12.9. The Kier molecular flexibility index (Phi) is 6.81. The van der Waals surface area contributed by atoms with Gasteiger partial charge in [0.15, 0.2) is 11.5 Å². The molecule has 3 nitrogen and oxygen atoms in total. The monoisotopic (exact) mass is 359 g/mol. The first-order chi connectivity index (χ1) is 11.8. The molecule has 0 aliphatic rings. The molecule has 1 atom stereocenters. The van der Waals surface area contributed by atoms with Crippen molar-refractivity contribution in [1.29, 1.82) is 0 Å². The molecule has 0 saturated carbocycles. The highest BCUT2D eigenvalue weighted by Crippen LogP contribution is 2.36. The van der Waals surface area contributed by atoms with Crippen LogP contribution in [-0.2, 0) is 0 Å². The van der Waals surface area contributed by atoms with Crippen molar-refractivity contribution in [1.82, 2.24) is 0 Å². The molecule has 0 aliphatic heterocycles. The van der Waals surface area contributed by atoms with Gasteiger partial charge in [0.25, 0.3) is 0 Å². The summed E-state index contributed by atoms with van der Waals surface area (Å²) in [6.45, 7) is -0.635. The summed E-state index contributed by atoms with van der Waals surface area (Å²) in [7, 11) is 0. The molecule has 3 rings (SSSR count). The third-order valence-electron chi connectivity index (χ3n) is 3.50. The summed E-state index contributed by atoms with van der Waals surface area (Å²) in [5, 5.41) is 0. The minimum Gasteiger partial charge on any atom is -0.453 e. The van der Waals surface area contributed by atoms with Crippen molar-refractivity contribution < 1.29 is 13.9 Å². The minimum atomic E-state index is -0.686. The fourth-order valence-electron chi connectivity index (χ4n) is 2.24. The van der Waals surface area contributed by atoms with Crippen LogP contribution in [0.2, 0.25) is 0 Å². The van der Waals surface area contributed by atoms with Gasteiger partial charge < -0.3 is 15.2 Å². The van der Waals surface area contributed by atoms with Gasteiger partial charge in [0, 0.05) is 0 Å². The van der Waals surface area contributed by atoms with Gasteiger partial charge in [0.05, 0.1) is 6.04 Å². The number of rotatable bonds is 6. The number of para-hydroxylation sites is 2. The lowest BCUT2D eigenvalue weighted by atomic mass is 10.1. The molecule has 5 heteroatoms. The number of nitrogens with two attached hydrogens (primary N) is 1. The lowest BCUT2D eigenvalue weighted by Crippen LogP contribution is -2.12. The summed E-state index contributed by atoms with van der Waals surface area (Å²) in [4.78, 5) is 0. The second kappa shape index (κ2) is 9.06. The SMILES string of the molecule is Cl.N[C@@H](CF)c1ccc(Oc2ccccc2)c(Oc2ccccc2)c1. The molecule has 0 radical (unpaired) electrons. The van der Waals surface area contributed by atoms with E-state index in [2.05, 4.69) is 0 Å². The van der Waals surface area contributed by atoms with Crippen LogP contribution in [-0.4, -0.2) is 6.67 Å². The van der Waals surface area contributed by atoms with Gasteiger partial charge in [-0.15, -0.1) is 12.4 Å². The van der Waals surface area contributed by atoms with Crippen LogP contribution in [0.3, 0.4) is 0 Å². The summed E-state index contributed by atoms with van der Waals surface area (Å²) in [6, 6.07) is 23.3. The fourth-order valence-corrected chi connectivity index (χ4v) is 2.24. The van der Waals surface area contributed by atoms with Crippen molar-refractivity contribution >= 4 is 12.4 Å². The Bertz CT molecular complexity index is 784. The first kappa shape index (κ1) is 18.8. The van der Waals surface area contributed by atoms with Gasteiger partial charge in [-0.25, -0.2) is 4.39 Å². The van der Waals surface area contributed by atoms with E-state index < -0.39 is 12.7 Å². The number of alkyl halides is 1. The Hall–Kier alpha value is -2.56. The molecular formula is C20H19ClFNO2. The van der Waals surface area contributed by atoms with Gasteiger partial charge >= 0.3 is 0 Å². The smallest absolute Gasteiger partial charge is 0.170 e. The van der Waals surface area contributed by atoms with Crippen LogP contribution in [0.5, 0.6) is 23.0 Å². The van der Waals surface area contributed by atoms with E-state index in [9.17, 15) is 4.39 Å². The van der Waals surface area contributed by atoms with Crippen LogP contribution < -0.4 is 15.2 Å². The molecule has 2 N–H and O–H groups in total. The van der Waals surface area contributed by atoms with E-state index in [1.54, 1.807) is 18.2 Å². The van der Waals surface area contributed by atoms with Crippen LogP contribution in [0.1, 0.15) is 11.6 Å². The number of benzene rings is 3. The molecule has 3 aromatic rings. The highest BCUT2D eigenvalue weighted by molar-refractivity contribution is 5.85. The van der Waals surface area contributed by atoms with Gasteiger partial charge in [0.1, 0.15) is 18.2 Å². The normalized spacial score (nSPS) is 11.3. The first-order valence-corrected chi connectivity index (χ1v) is 7.67. The second-order valence-electron chi connectivity index (χ2n) is 5.30. The maximum Gasteiger partial charge on any atom is 0.170 e. The van der Waals surface area contributed by atoms with E-state index in [1.165, 1.54) is 0 Å². The van der Waals surface area contributed by atoms with Crippen LogP contribution in [0, 0.1) is 0 Å². The predicted molar refractivity (Wildman–Crippen MR) is 99.6 cm³/mol. The van der Waals surface area contributed by atoms with E-state index in [-0.39, 0.29) is 12.4 Å². The summed E-state index contributed by atoms with van der Waals surface area (Å²) >= 11 is 0. The van der Waals surface area contributed by atoms with Gasteiger partial charge in [-0.1, -0.05) is 42.5 Å². The molecule has 0 bridgehead atoms. The molecule has 0 aliphatic carbocycles. The lowest BCUT2D eigenvalue weighted by Gasteiger charge is -2.15. The third-order valence-corrected chi connectivity index (χ3v) is 3.50. The van der Waals surface area contributed by atoms with Crippen LogP contribution >= 0.6 is 12.4 Å². The molecule has 0 unspecified atom stereocenters. The van der Waals surface area contributed by atoms with Crippen molar-refractivity contribution in [2.75, 3.05) is 6.67 Å². The first-order valence-electron chi connectivity index (χ1n) is 7.67. The van der Waals surface area contributed by atoms with Crippen molar-refractivity contribution in [2.45, 2.75) is 6.04 Å². The molecule has 0 amide bonds. The Labute approximate surface area is 152 Å². The Morgan fingerprint density at radius 2 is 1.28 bits per heavy atom. The highest BCUT2D eigenvalue weighted by atomic mass is 35.5. The zero-order valence-electron chi connectivity index (χ0n) is 13.5. The van der Waals surface area contributed by atoms with E-state index in [0.717, 1.165) is 0 Å². The van der Waals surface area contributed by atoms with E-state index in [0.29, 0.717) is 28.6 Å². The summed E-state index contributed by atoms with van der Waals surface area (Å²) < 4.78 is 24.7. The molecule has 0 heterocycles. The summed E-state index contributed by atoms with van der Waals surface area (Å²) in [6.07, 6.45) is 0. The molecule has 0 fully saturated rings. The third kappa shape index (κ3) is 4.95. The van der Waals surface area contributed by atoms with Crippen molar-refractivity contribution in [3.05, 3.63) is 84.4 Å². The predicted octanol–water partition coefficient (Wildman–Crippen LogP) is 5.66. The van der Waals surface area contributed by atoms with Gasteiger partial charge in [-0.05, 0) is 42.0 Å². The maximum atomic E-state index is 12.9. The minimum absolute atomic E-state index is 0. The Morgan fingerprint density at radius 3 is 1.80 bits per heavy atom. The quantitative estimate of drug-likeness (QED) is 0.617. The summed E-state index contributed by atoms with van der Waals surface area (Å²) in [5.74, 6) is 2.39. The van der Waals surface area contributed by atoms with Crippen molar-refractivity contribution in [3.8, 4) is 23.0 Å². The highest BCUT2D eigenvalue weighted by Gasteiger charge is 2.13. The zero-order valence-corrected chi connectivity index (χ0v) is 14.3. The number of hydrogen-bond donors (Lipinski definition) is 1. The summed E-state index contributed by atoms with van der Waals surface area (Å²) in [5.41, 5.74) is 6.44. The fraction of sp³-hybridized carbons (Fsp3) is 0.100. The average Bonchev–Trinajstić information content (AvgIpc) is 2.64. The largest absolute Gasteiger partial charge is 0.453 e. The van der Waals surface area contributed by atoms with E-state index >= 15 is 0 Å². The van der Waals surface area contributed by atoms with Crippen molar-refractivity contribution in [2.24, 2.45) is 5.73 Å². The average molecular weight is 360 g/mol. The molecule has 130 valence electrons. The molecule has 0 aromatic heterocycles. The molecule has 3 aromatic carbocycles. The number of ether oxygens (including phenoxy) is 2. The van der Waals surface area contributed by atoms with Gasteiger partial charge in [-0.3, -0.25) is 0 Å². The van der Waals surface area contributed by atoms with Gasteiger partial charge in [-0.2, -0.15) is 0 Å². The molecular weight excluding hydrogens is 341 g/mol. The molecule has 0 spiro atoms. The topological polar surface area (TPSA) is 44.5 Å². The van der Waals surface area contributed by atoms with E-state index in [4.69, 9.17) is 15.2 Å². The number of hydrogen-bond acceptors (Lipinski definition) is 3. The zero-order chi connectivity index (χ0) is 16.8. The van der Waals surface area contributed by atoms with Crippen LogP contribution in [0.4, 0.5) is 4.39 Å².